The van der Waals surface area contributed by atoms with Crippen molar-refractivity contribution in [2.45, 2.75) is 69.5 Å². The van der Waals surface area contributed by atoms with Gasteiger partial charge in [-0.15, -0.1) is 0 Å². The number of amides is 1. The van der Waals surface area contributed by atoms with E-state index in [-0.39, 0.29) is 52.4 Å². The van der Waals surface area contributed by atoms with Crippen LogP contribution in [0.25, 0.3) is 11.0 Å². The number of aromatic hydroxyl groups is 1. The first-order valence-electron chi connectivity index (χ1n) is 12.8. The average molecular weight is 527 g/mol. The van der Waals surface area contributed by atoms with Gasteiger partial charge in [-0.1, -0.05) is 12.1 Å². The number of hydrogen-bond donors (Lipinski definition) is 2. The lowest BCUT2D eigenvalue weighted by molar-refractivity contribution is -0.123. The van der Waals surface area contributed by atoms with E-state index in [2.05, 4.69) is 10.3 Å². The van der Waals surface area contributed by atoms with Crippen LogP contribution in [0.3, 0.4) is 0 Å². The van der Waals surface area contributed by atoms with Gasteiger partial charge >= 0.3 is 5.69 Å². The third-order valence-electron chi connectivity index (χ3n) is 7.67. The number of thioether (sulfide) groups is 1. The van der Waals surface area contributed by atoms with Crippen LogP contribution in [0.15, 0.2) is 46.1 Å². The lowest BCUT2D eigenvalue weighted by Crippen LogP contribution is -2.47. The highest BCUT2D eigenvalue weighted by molar-refractivity contribution is 7.99. The Bertz CT molecular complexity index is 1410. The van der Waals surface area contributed by atoms with E-state index in [1.165, 1.54) is 10.6 Å². The Hall–Kier alpha value is -3.14. The maximum Gasteiger partial charge on any atom is 0.333 e. The molecule has 0 bridgehead atoms. The maximum atomic E-state index is 14.1. The summed E-state index contributed by atoms with van der Waals surface area (Å²) >= 11 is 1.84. The van der Waals surface area contributed by atoms with Crippen molar-refractivity contribution < 1.29 is 14.3 Å². The second kappa shape index (κ2) is 10.7. The van der Waals surface area contributed by atoms with Gasteiger partial charge in [0, 0.05) is 18.1 Å². The zero-order valence-corrected chi connectivity index (χ0v) is 21.5. The highest BCUT2D eigenvalue weighted by Crippen LogP contribution is 2.30. The highest BCUT2D eigenvalue weighted by Gasteiger charge is 2.30. The van der Waals surface area contributed by atoms with Gasteiger partial charge in [-0.3, -0.25) is 18.7 Å². The number of fused-ring (bicyclic) bond motifs is 1. The van der Waals surface area contributed by atoms with Crippen molar-refractivity contribution >= 4 is 28.7 Å². The molecule has 196 valence electrons. The summed E-state index contributed by atoms with van der Waals surface area (Å²) in [5.74, 6) is 0.924. The summed E-state index contributed by atoms with van der Waals surface area (Å²) in [6, 6.07) is 7.32. The molecule has 2 aromatic heterocycles. The van der Waals surface area contributed by atoms with E-state index in [0.29, 0.717) is 25.7 Å². The zero-order valence-electron chi connectivity index (χ0n) is 20.7. The number of benzene rings is 1. The van der Waals surface area contributed by atoms with E-state index in [9.17, 15) is 23.9 Å². The van der Waals surface area contributed by atoms with Crippen molar-refractivity contribution in [3.63, 3.8) is 0 Å². The molecule has 1 unspecified atom stereocenters. The molecule has 37 heavy (non-hydrogen) atoms. The second-order valence-corrected chi connectivity index (χ2v) is 11.2. The number of nitrogens with zero attached hydrogens (tertiary/aromatic N) is 3. The summed E-state index contributed by atoms with van der Waals surface area (Å²) in [6.45, 7) is 1.82. The fraction of sp³-hybridized carbons (Fsp3) is 0.481. The Morgan fingerprint density at radius 1 is 1.05 bits per heavy atom. The molecular weight excluding hydrogens is 495 g/mol. The summed E-state index contributed by atoms with van der Waals surface area (Å²) < 4.78 is 17.0. The van der Waals surface area contributed by atoms with Gasteiger partial charge in [0.05, 0.1) is 17.5 Å². The SMILES string of the molecule is CC(C(=O)NC1CCC(n2c(=O)c3cc(F)cnc3n(C3CCSCC3)c2=O)CC1)c1ccc(O)cc1. The third kappa shape index (κ3) is 5.16. The molecule has 3 aromatic rings. The maximum absolute atomic E-state index is 14.1. The molecule has 1 atom stereocenters. The monoisotopic (exact) mass is 526 g/mol. The van der Waals surface area contributed by atoms with Gasteiger partial charge in [0.15, 0.2) is 0 Å². The molecule has 1 saturated heterocycles. The summed E-state index contributed by atoms with van der Waals surface area (Å²) in [4.78, 5) is 44.1. The van der Waals surface area contributed by atoms with Gasteiger partial charge in [0.1, 0.15) is 17.2 Å². The van der Waals surface area contributed by atoms with Crippen LogP contribution in [0.5, 0.6) is 5.75 Å². The third-order valence-corrected chi connectivity index (χ3v) is 8.72. The van der Waals surface area contributed by atoms with Gasteiger partial charge < -0.3 is 10.4 Å². The van der Waals surface area contributed by atoms with Gasteiger partial charge in [-0.2, -0.15) is 11.8 Å². The first-order chi connectivity index (χ1) is 17.8. The minimum Gasteiger partial charge on any atom is -0.508 e. The summed E-state index contributed by atoms with van der Waals surface area (Å²) in [5, 5.41) is 12.7. The minimum atomic E-state index is -0.602. The fourth-order valence-electron chi connectivity index (χ4n) is 5.52. The lowest BCUT2D eigenvalue weighted by atomic mass is 9.90. The average Bonchev–Trinajstić information content (AvgIpc) is 2.91. The topological polar surface area (TPSA) is 106 Å². The molecule has 1 aromatic carbocycles. The molecule has 2 N–H and O–H groups in total. The Morgan fingerprint density at radius 2 is 1.70 bits per heavy atom. The molecule has 5 rings (SSSR count). The zero-order chi connectivity index (χ0) is 26.1. The number of hydrogen-bond acceptors (Lipinski definition) is 6. The molecule has 1 amide bonds. The summed E-state index contributed by atoms with van der Waals surface area (Å²) in [6.07, 6.45) is 5.04. The number of rotatable bonds is 5. The molecule has 1 saturated carbocycles. The summed E-state index contributed by atoms with van der Waals surface area (Å²) in [7, 11) is 0. The van der Waals surface area contributed by atoms with Crippen molar-refractivity contribution in [2.75, 3.05) is 11.5 Å². The van der Waals surface area contributed by atoms with Crippen molar-refractivity contribution in [3.05, 3.63) is 68.7 Å². The van der Waals surface area contributed by atoms with Crippen LogP contribution in [0.2, 0.25) is 0 Å². The Morgan fingerprint density at radius 3 is 2.38 bits per heavy atom. The van der Waals surface area contributed by atoms with Crippen LogP contribution in [-0.2, 0) is 4.79 Å². The van der Waals surface area contributed by atoms with Gasteiger partial charge in [0.2, 0.25) is 5.91 Å². The molecule has 2 fully saturated rings. The van der Waals surface area contributed by atoms with E-state index in [1.54, 1.807) is 28.8 Å². The molecule has 8 nitrogen and oxygen atoms in total. The van der Waals surface area contributed by atoms with Crippen LogP contribution in [0.1, 0.15) is 69.0 Å². The summed E-state index contributed by atoms with van der Waals surface area (Å²) in [5.41, 5.74) is 0.201. The first-order valence-corrected chi connectivity index (χ1v) is 14.0. The molecule has 2 aliphatic rings. The number of carbonyl (C=O) groups is 1. The largest absolute Gasteiger partial charge is 0.508 e. The van der Waals surface area contributed by atoms with Crippen LogP contribution in [-0.4, -0.2) is 42.7 Å². The Labute approximate surface area is 217 Å². The van der Waals surface area contributed by atoms with E-state index >= 15 is 0 Å². The first kappa shape index (κ1) is 25.5. The van der Waals surface area contributed by atoms with Crippen LogP contribution < -0.4 is 16.6 Å². The van der Waals surface area contributed by atoms with Gasteiger partial charge in [-0.25, -0.2) is 14.2 Å². The Kier molecular flexibility index (Phi) is 7.37. The molecule has 1 aliphatic heterocycles. The number of phenolic OH excluding ortho intramolecular Hbond substituents is 1. The molecular formula is C27H31FN4O4S. The van der Waals surface area contributed by atoms with Crippen LogP contribution >= 0.6 is 11.8 Å². The molecule has 1 aliphatic carbocycles. The number of pyridine rings is 1. The van der Waals surface area contributed by atoms with Crippen molar-refractivity contribution in [3.8, 4) is 5.75 Å². The van der Waals surface area contributed by atoms with Gasteiger partial charge in [-0.05, 0) is 80.7 Å². The van der Waals surface area contributed by atoms with Crippen molar-refractivity contribution in [2.24, 2.45) is 0 Å². The van der Waals surface area contributed by atoms with Crippen LogP contribution in [0.4, 0.5) is 4.39 Å². The predicted octanol–water partition coefficient (Wildman–Crippen LogP) is 3.87. The molecule has 3 heterocycles. The number of nitrogens with one attached hydrogen (secondary N) is 1. The second-order valence-electron chi connectivity index (χ2n) is 10.0. The number of aromatic nitrogens is 3. The van der Waals surface area contributed by atoms with Crippen molar-refractivity contribution in [1.82, 2.24) is 19.4 Å². The van der Waals surface area contributed by atoms with Crippen LogP contribution in [0, 0.1) is 5.82 Å². The van der Waals surface area contributed by atoms with E-state index in [0.717, 1.165) is 36.1 Å². The number of carbonyl (C=O) groups excluding carboxylic acids is 1. The quantitative estimate of drug-likeness (QED) is 0.523. The normalized spacial score (nSPS) is 21.6. The predicted molar refractivity (Wildman–Crippen MR) is 142 cm³/mol. The number of halogens is 1. The van der Waals surface area contributed by atoms with E-state index in [1.807, 2.05) is 18.7 Å². The Balaban J connectivity index is 1.36. The molecule has 0 spiro atoms. The molecule has 10 heteroatoms. The van der Waals surface area contributed by atoms with E-state index in [4.69, 9.17) is 0 Å². The number of phenols is 1. The lowest BCUT2D eigenvalue weighted by Gasteiger charge is -2.32. The molecule has 0 radical (unpaired) electrons. The standard InChI is InChI=1S/C27H31FN4O4S/c1-16(17-2-8-22(33)9-3-17)25(34)30-19-4-6-20(7-5-19)32-26(35)23-14-18(28)15-29-24(23)31(27(32)36)21-10-12-37-13-11-21/h2-3,8-9,14-16,19-21,33H,4-7,10-13H2,1H3,(H,30,34). The van der Waals surface area contributed by atoms with Gasteiger partial charge in [0.25, 0.3) is 5.56 Å². The smallest absolute Gasteiger partial charge is 0.333 e. The van der Waals surface area contributed by atoms with Crippen molar-refractivity contribution in [1.29, 1.82) is 0 Å². The van der Waals surface area contributed by atoms with E-state index < -0.39 is 11.4 Å². The highest BCUT2D eigenvalue weighted by atomic mass is 32.2. The fourth-order valence-corrected chi connectivity index (χ4v) is 6.60. The minimum absolute atomic E-state index is 0.0591.